The molecule has 6 heteroatoms. The number of anilines is 1. The Morgan fingerprint density at radius 2 is 1.93 bits per heavy atom. The quantitative estimate of drug-likeness (QED) is 0.479. The molecular formula is C21H20N2O3S. The van der Waals surface area contributed by atoms with Gasteiger partial charge in [0.15, 0.2) is 5.58 Å². The van der Waals surface area contributed by atoms with Gasteiger partial charge in [-0.1, -0.05) is 6.07 Å². The van der Waals surface area contributed by atoms with Gasteiger partial charge in [0.25, 0.3) is 6.01 Å². The molecule has 0 aliphatic carbocycles. The Morgan fingerprint density at radius 1 is 1.04 bits per heavy atom. The van der Waals surface area contributed by atoms with Crippen LogP contribution in [-0.4, -0.2) is 19.2 Å². The molecule has 1 N–H and O–H groups in total. The van der Waals surface area contributed by atoms with E-state index < -0.39 is 0 Å². The number of rotatable bonds is 6. The van der Waals surface area contributed by atoms with Gasteiger partial charge < -0.3 is 19.2 Å². The molecule has 0 saturated carbocycles. The van der Waals surface area contributed by atoms with Gasteiger partial charge >= 0.3 is 0 Å². The van der Waals surface area contributed by atoms with Crippen LogP contribution in [0, 0.1) is 6.92 Å². The first kappa shape index (κ1) is 17.4. The second-order valence-electron chi connectivity index (χ2n) is 6.18. The Kier molecular flexibility index (Phi) is 4.73. The Morgan fingerprint density at radius 3 is 2.67 bits per heavy atom. The van der Waals surface area contributed by atoms with E-state index in [1.165, 1.54) is 10.4 Å². The zero-order valence-corrected chi connectivity index (χ0v) is 16.2. The first-order chi connectivity index (χ1) is 13.2. The third-order valence-corrected chi connectivity index (χ3v) is 5.24. The van der Waals surface area contributed by atoms with Crippen molar-refractivity contribution in [2.75, 3.05) is 19.5 Å². The number of oxazole rings is 1. The Labute approximate surface area is 161 Å². The van der Waals surface area contributed by atoms with Crippen LogP contribution < -0.4 is 14.8 Å². The van der Waals surface area contributed by atoms with Crippen molar-refractivity contribution in [2.24, 2.45) is 0 Å². The minimum Gasteiger partial charge on any atom is -0.497 e. The summed E-state index contributed by atoms with van der Waals surface area (Å²) in [5.74, 6) is 1.52. The van der Waals surface area contributed by atoms with Crippen LogP contribution in [0.25, 0.3) is 22.2 Å². The summed E-state index contributed by atoms with van der Waals surface area (Å²) < 4.78 is 16.5. The molecule has 0 saturated heterocycles. The summed E-state index contributed by atoms with van der Waals surface area (Å²) in [7, 11) is 3.28. The Bertz CT molecular complexity index is 1080. The lowest BCUT2D eigenvalue weighted by Gasteiger charge is -2.10. The minimum atomic E-state index is 0.488. The highest BCUT2D eigenvalue weighted by Gasteiger charge is 2.10. The molecule has 0 amide bonds. The van der Waals surface area contributed by atoms with Crippen molar-refractivity contribution in [1.82, 2.24) is 4.98 Å². The second-order valence-corrected chi connectivity index (χ2v) is 7.29. The first-order valence-electron chi connectivity index (χ1n) is 8.57. The largest absolute Gasteiger partial charge is 0.497 e. The second kappa shape index (κ2) is 7.32. The zero-order valence-electron chi connectivity index (χ0n) is 15.4. The SMILES string of the molecule is COc1ccc(CNc2nc3cc(-c4csc(C)c4)ccc3o2)c(OC)c1. The van der Waals surface area contributed by atoms with Crippen molar-refractivity contribution < 1.29 is 13.9 Å². The van der Waals surface area contributed by atoms with E-state index in [1.54, 1.807) is 25.6 Å². The van der Waals surface area contributed by atoms with Gasteiger partial charge in [-0.15, -0.1) is 11.3 Å². The third-order valence-electron chi connectivity index (χ3n) is 4.38. The number of fused-ring (bicyclic) bond motifs is 1. The molecule has 138 valence electrons. The molecule has 27 heavy (non-hydrogen) atoms. The monoisotopic (exact) mass is 380 g/mol. The van der Waals surface area contributed by atoms with E-state index in [2.05, 4.69) is 40.8 Å². The fourth-order valence-electron chi connectivity index (χ4n) is 2.95. The van der Waals surface area contributed by atoms with Gasteiger partial charge in [-0.05, 0) is 53.8 Å². The number of nitrogens with one attached hydrogen (secondary N) is 1. The highest BCUT2D eigenvalue weighted by Crippen LogP contribution is 2.30. The van der Waals surface area contributed by atoms with Gasteiger partial charge in [-0.2, -0.15) is 4.98 Å². The average Bonchev–Trinajstić information content (AvgIpc) is 3.31. The van der Waals surface area contributed by atoms with E-state index in [0.29, 0.717) is 12.6 Å². The molecule has 4 rings (SSSR count). The van der Waals surface area contributed by atoms with Crippen LogP contribution >= 0.6 is 11.3 Å². The zero-order chi connectivity index (χ0) is 18.8. The van der Waals surface area contributed by atoms with Gasteiger partial charge in [0.1, 0.15) is 17.0 Å². The third kappa shape index (κ3) is 3.61. The molecule has 0 aliphatic heterocycles. The van der Waals surface area contributed by atoms with Crippen molar-refractivity contribution in [3.05, 3.63) is 58.3 Å². The lowest BCUT2D eigenvalue weighted by atomic mass is 10.1. The number of ether oxygens (including phenoxy) is 2. The number of hydrogen-bond donors (Lipinski definition) is 1. The summed E-state index contributed by atoms with van der Waals surface area (Å²) in [5.41, 5.74) is 4.94. The fraction of sp³-hybridized carbons (Fsp3) is 0.190. The lowest BCUT2D eigenvalue weighted by molar-refractivity contribution is 0.391. The van der Waals surface area contributed by atoms with E-state index in [9.17, 15) is 0 Å². The van der Waals surface area contributed by atoms with Crippen molar-refractivity contribution in [3.63, 3.8) is 0 Å². The fourth-order valence-corrected chi connectivity index (χ4v) is 3.66. The number of hydrogen-bond acceptors (Lipinski definition) is 6. The van der Waals surface area contributed by atoms with Gasteiger partial charge in [0, 0.05) is 23.1 Å². The molecule has 0 fully saturated rings. The molecular weight excluding hydrogens is 360 g/mol. The predicted molar refractivity (Wildman–Crippen MR) is 109 cm³/mol. The maximum Gasteiger partial charge on any atom is 0.295 e. The average molecular weight is 380 g/mol. The molecule has 5 nitrogen and oxygen atoms in total. The molecule has 0 spiro atoms. The predicted octanol–water partition coefficient (Wildman–Crippen LogP) is 5.49. The smallest absolute Gasteiger partial charge is 0.295 e. The Hall–Kier alpha value is -2.99. The van der Waals surface area contributed by atoms with Gasteiger partial charge in [-0.25, -0.2) is 0 Å². The summed E-state index contributed by atoms with van der Waals surface area (Å²) in [6.45, 7) is 2.65. The Balaban J connectivity index is 1.54. The number of methoxy groups -OCH3 is 2. The van der Waals surface area contributed by atoms with E-state index >= 15 is 0 Å². The molecule has 0 unspecified atom stereocenters. The highest BCUT2D eigenvalue weighted by molar-refractivity contribution is 7.10. The molecule has 0 radical (unpaired) electrons. The molecule has 2 aromatic heterocycles. The molecule has 2 aromatic carbocycles. The van der Waals surface area contributed by atoms with Crippen LogP contribution in [0.2, 0.25) is 0 Å². The van der Waals surface area contributed by atoms with Gasteiger partial charge in [0.05, 0.1) is 14.2 Å². The summed E-state index contributed by atoms with van der Waals surface area (Å²) in [6.07, 6.45) is 0. The normalized spacial score (nSPS) is 10.9. The number of aryl methyl sites for hydroxylation is 1. The minimum absolute atomic E-state index is 0.488. The summed E-state index contributed by atoms with van der Waals surface area (Å²) in [6, 6.07) is 14.5. The van der Waals surface area contributed by atoms with Crippen LogP contribution in [0.3, 0.4) is 0 Å². The maximum absolute atomic E-state index is 5.82. The number of aromatic nitrogens is 1. The van der Waals surface area contributed by atoms with Gasteiger partial charge in [-0.3, -0.25) is 0 Å². The number of thiophene rings is 1. The van der Waals surface area contributed by atoms with Crippen molar-refractivity contribution in [1.29, 1.82) is 0 Å². The van der Waals surface area contributed by atoms with Crippen LogP contribution in [0.4, 0.5) is 6.01 Å². The maximum atomic E-state index is 5.82. The van der Waals surface area contributed by atoms with Crippen molar-refractivity contribution in [2.45, 2.75) is 13.5 Å². The lowest BCUT2D eigenvalue weighted by Crippen LogP contribution is -2.02. The van der Waals surface area contributed by atoms with Crippen molar-refractivity contribution >= 4 is 28.5 Å². The van der Waals surface area contributed by atoms with Crippen LogP contribution in [0.1, 0.15) is 10.4 Å². The molecule has 0 bridgehead atoms. The van der Waals surface area contributed by atoms with E-state index in [-0.39, 0.29) is 0 Å². The van der Waals surface area contributed by atoms with Crippen LogP contribution in [-0.2, 0) is 6.54 Å². The topological polar surface area (TPSA) is 56.5 Å². The van der Waals surface area contributed by atoms with Gasteiger partial charge in [0.2, 0.25) is 0 Å². The van der Waals surface area contributed by atoms with E-state index in [1.807, 2.05) is 24.3 Å². The molecule has 2 heterocycles. The molecule has 0 atom stereocenters. The van der Waals surface area contributed by atoms with E-state index in [0.717, 1.165) is 33.7 Å². The van der Waals surface area contributed by atoms with E-state index in [4.69, 9.17) is 13.9 Å². The molecule has 0 aliphatic rings. The highest BCUT2D eigenvalue weighted by atomic mass is 32.1. The summed E-state index contributed by atoms with van der Waals surface area (Å²) in [4.78, 5) is 5.86. The van der Waals surface area contributed by atoms with Crippen molar-refractivity contribution in [3.8, 4) is 22.6 Å². The number of nitrogens with zero attached hydrogens (tertiary/aromatic N) is 1. The first-order valence-corrected chi connectivity index (χ1v) is 9.45. The standard InChI is InChI=1S/C21H20N2O3S/c1-13-8-16(12-27-13)14-5-7-19-18(9-14)23-21(26-19)22-11-15-4-6-17(24-2)10-20(15)25-3/h4-10,12H,11H2,1-3H3,(H,22,23). The van der Waals surface area contributed by atoms with Crippen LogP contribution in [0.5, 0.6) is 11.5 Å². The molecule has 4 aromatic rings. The van der Waals surface area contributed by atoms with Crippen LogP contribution in [0.15, 0.2) is 52.3 Å². The summed E-state index contributed by atoms with van der Waals surface area (Å²) >= 11 is 1.74. The summed E-state index contributed by atoms with van der Waals surface area (Å²) in [5, 5.41) is 5.39. The number of benzene rings is 2.